The average Bonchev–Trinajstić information content (AvgIpc) is 2.41. The molecule has 0 aromatic heterocycles. The van der Waals surface area contributed by atoms with Crippen LogP contribution in [0.4, 0.5) is 0 Å². The van der Waals surface area contributed by atoms with E-state index in [1.165, 1.54) is 6.92 Å². The molecule has 17 heavy (non-hydrogen) atoms. The van der Waals surface area contributed by atoms with E-state index >= 15 is 0 Å². The van der Waals surface area contributed by atoms with Gasteiger partial charge in [0.15, 0.2) is 0 Å². The van der Waals surface area contributed by atoms with Gasteiger partial charge in [-0.25, -0.2) is 13.1 Å². The number of hydrogen-bond donors (Lipinski definition) is 1. The Morgan fingerprint density at radius 3 is 2.29 bits per heavy atom. The van der Waals surface area contributed by atoms with Gasteiger partial charge in [-0.05, 0) is 31.9 Å². The first kappa shape index (κ1) is 11.9. The molecule has 0 unspecified atom stereocenters. The smallest absolute Gasteiger partial charge is 0.265 e. The number of aryl methyl sites for hydroxylation is 2. The van der Waals surface area contributed by atoms with Crippen molar-refractivity contribution in [2.45, 2.75) is 20.8 Å². The van der Waals surface area contributed by atoms with E-state index < -0.39 is 15.9 Å². The number of carbonyl (C=O) groups excluding carboxylic acids is 1. The Morgan fingerprint density at radius 2 is 1.76 bits per heavy atom. The van der Waals surface area contributed by atoms with E-state index in [0.717, 1.165) is 11.1 Å². The minimum absolute atomic E-state index is 0.101. The van der Waals surface area contributed by atoms with Gasteiger partial charge in [0.25, 0.3) is 15.9 Å². The largest absolute Gasteiger partial charge is 0.269 e. The lowest BCUT2D eigenvalue weighted by Gasteiger charge is -2.08. The SMILES string of the molecule is CC1=C(c2cc(C)ccc2C)S(=O)(=O)NC1=O. The van der Waals surface area contributed by atoms with E-state index in [1.54, 1.807) is 6.07 Å². The van der Waals surface area contributed by atoms with Gasteiger partial charge >= 0.3 is 0 Å². The lowest BCUT2D eigenvalue weighted by Crippen LogP contribution is -2.23. The second-order valence-electron chi connectivity index (χ2n) is 4.21. The topological polar surface area (TPSA) is 63.2 Å². The molecule has 0 fully saturated rings. The van der Waals surface area contributed by atoms with Crippen LogP contribution in [0.1, 0.15) is 23.6 Å². The van der Waals surface area contributed by atoms with Crippen LogP contribution in [-0.2, 0) is 14.8 Å². The summed E-state index contributed by atoms with van der Waals surface area (Å²) >= 11 is 0. The Labute approximate surface area is 100 Å². The van der Waals surface area contributed by atoms with E-state index in [9.17, 15) is 13.2 Å². The molecule has 1 N–H and O–H groups in total. The van der Waals surface area contributed by atoms with Crippen molar-refractivity contribution in [3.8, 4) is 0 Å². The predicted molar refractivity (Wildman–Crippen MR) is 65.6 cm³/mol. The minimum atomic E-state index is -3.70. The predicted octanol–water partition coefficient (Wildman–Crippen LogP) is 1.49. The zero-order valence-corrected chi connectivity index (χ0v) is 10.7. The van der Waals surface area contributed by atoms with E-state index in [-0.39, 0.29) is 10.5 Å². The molecule has 1 aromatic rings. The third kappa shape index (κ3) is 1.86. The van der Waals surface area contributed by atoms with Crippen molar-refractivity contribution in [2.24, 2.45) is 0 Å². The Bertz CT molecular complexity index is 642. The zero-order valence-electron chi connectivity index (χ0n) is 9.87. The van der Waals surface area contributed by atoms with Crippen LogP contribution in [0.25, 0.3) is 4.91 Å². The van der Waals surface area contributed by atoms with Crippen molar-refractivity contribution in [1.82, 2.24) is 4.72 Å². The van der Waals surface area contributed by atoms with Crippen molar-refractivity contribution in [3.63, 3.8) is 0 Å². The summed E-state index contributed by atoms with van der Waals surface area (Å²) in [5.74, 6) is -0.541. The number of hydrogen-bond acceptors (Lipinski definition) is 3. The molecule has 2 rings (SSSR count). The highest BCUT2D eigenvalue weighted by Crippen LogP contribution is 2.31. The Kier molecular flexibility index (Phi) is 2.58. The fourth-order valence-electron chi connectivity index (χ4n) is 1.88. The van der Waals surface area contributed by atoms with Gasteiger partial charge in [-0.15, -0.1) is 0 Å². The standard InChI is InChI=1S/C12H13NO3S/c1-7-4-5-8(2)10(6-7)11-9(3)12(14)13-17(11,15)16/h4-6H,1-3H3,(H,13,14). The Hall–Kier alpha value is -1.62. The first-order chi connectivity index (χ1) is 7.83. The van der Waals surface area contributed by atoms with Crippen molar-refractivity contribution in [1.29, 1.82) is 0 Å². The molecule has 0 atom stereocenters. The summed E-state index contributed by atoms with van der Waals surface area (Å²) in [5, 5.41) is 0. The Morgan fingerprint density at radius 1 is 1.12 bits per heavy atom. The highest BCUT2D eigenvalue weighted by Gasteiger charge is 2.34. The maximum atomic E-state index is 11.9. The highest BCUT2D eigenvalue weighted by atomic mass is 32.2. The molecular formula is C12H13NO3S. The molecule has 0 aliphatic carbocycles. The van der Waals surface area contributed by atoms with Gasteiger partial charge in [-0.3, -0.25) is 4.79 Å². The first-order valence-electron chi connectivity index (χ1n) is 5.18. The summed E-state index contributed by atoms with van der Waals surface area (Å²) in [6.45, 7) is 5.24. The summed E-state index contributed by atoms with van der Waals surface area (Å²) in [7, 11) is -3.70. The van der Waals surface area contributed by atoms with E-state index in [4.69, 9.17) is 0 Å². The van der Waals surface area contributed by atoms with Crippen LogP contribution in [0.5, 0.6) is 0 Å². The van der Waals surface area contributed by atoms with E-state index in [2.05, 4.69) is 0 Å². The average molecular weight is 251 g/mol. The molecule has 0 radical (unpaired) electrons. The van der Waals surface area contributed by atoms with Crippen LogP contribution in [-0.4, -0.2) is 14.3 Å². The van der Waals surface area contributed by atoms with Crippen molar-refractivity contribution in [2.75, 3.05) is 0 Å². The van der Waals surface area contributed by atoms with Gasteiger partial charge in [0.2, 0.25) is 0 Å². The lowest BCUT2D eigenvalue weighted by atomic mass is 10.0. The number of amides is 1. The van der Waals surface area contributed by atoms with E-state index in [1.807, 2.05) is 30.7 Å². The third-order valence-corrected chi connectivity index (χ3v) is 4.33. The maximum Gasteiger partial charge on any atom is 0.265 e. The number of carbonyl (C=O) groups is 1. The molecule has 0 spiro atoms. The highest BCUT2D eigenvalue weighted by molar-refractivity contribution is 8.00. The first-order valence-corrected chi connectivity index (χ1v) is 6.67. The van der Waals surface area contributed by atoms with Crippen molar-refractivity contribution in [3.05, 3.63) is 40.5 Å². The summed E-state index contributed by atoms with van der Waals surface area (Å²) in [6, 6.07) is 5.54. The van der Waals surface area contributed by atoms with Gasteiger partial charge in [0.05, 0.1) is 0 Å². The molecule has 4 nitrogen and oxygen atoms in total. The van der Waals surface area contributed by atoms with Crippen LogP contribution in [0.15, 0.2) is 23.8 Å². The fraction of sp³-hybridized carbons (Fsp3) is 0.250. The second-order valence-corrected chi connectivity index (χ2v) is 5.83. The van der Waals surface area contributed by atoms with Crippen LogP contribution < -0.4 is 4.72 Å². The molecule has 1 aliphatic rings. The Balaban J connectivity index is 2.76. The summed E-state index contributed by atoms with van der Waals surface area (Å²) in [4.78, 5) is 11.5. The molecule has 1 aromatic carbocycles. The van der Waals surface area contributed by atoms with Crippen LogP contribution in [0.2, 0.25) is 0 Å². The molecule has 1 aliphatic heterocycles. The molecule has 5 heteroatoms. The number of sulfonamides is 1. The summed E-state index contributed by atoms with van der Waals surface area (Å²) in [6.07, 6.45) is 0. The van der Waals surface area contributed by atoms with E-state index in [0.29, 0.717) is 5.56 Å². The molecule has 90 valence electrons. The molecule has 0 saturated carbocycles. The normalized spacial score (nSPS) is 18.4. The van der Waals surface area contributed by atoms with Crippen LogP contribution >= 0.6 is 0 Å². The van der Waals surface area contributed by atoms with Gasteiger partial charge in [0.1, 0.15) is 4.91 Å². The van der Waals surface area contributed by atoms with Gasteiger partial charge in [-0.2, -0.15) is 0 Å². The lowest BCUT2D eigenvalue weighted by molar-refractivity contribution is -0.115. The number of benzene rings is 1. The monoisotopic (exact) mass is 251 g/mol. The van der Waals surface area contributed by atoms with Crippen LogP contribution in [0.3, 0.4) is 0 Å². The van der Waals surface area contributed by atoms with Crippen LogP contribution in [0, 0.1) is 13.8 Å². The summed E-state index contributed by atoms with van der Waals surface area (Å²) in [5.41, 5.74) is 2.64. The van der Waals surface area contributed by atoms with Crippen molar-refractivity contribution >= 4 is 20.8 Å². The molecule has 0 saturated heterocycles. The maximum absolute atomic E-state index is 11.9. The zero-order chi connectivity index (χ0) is 12.8. The minimum Gasteiger partial charge on any atom is -0.269 e. The van der Waals surface area contributed by atoms with Gasteiger partial charge in [0, 0.05) is 5.57 Å². The number of rotatable bonds is 1. The molecular weight excluding hydrogens is 238 g/mol. The molecule has 1 heterocycles. The van der Waals surface area contributed by atoms with Gasteiger partial charge < -0.3 is 0 Å². The fourth-order valence-corrected chi connectivity index (χ4v) is 3.39. The quantitative estimate of drug-likeness (QED) is 0.822. The second kappa shape index (κ2) is 3.70. The molecule has 1 amide bonds. The van der Waals surface area contributed by atoms with Gasteiger partial charge in [-0.1, -0.05) is 23.8 Å². The third-order valence-electron chi connectivity index (χ3n) is 2.81. The van der Waals surface area contributed by atoms with Crippen molar-refractivity contribution < 1.29 is 13.2 Å². The number of nitrogens with one attached hydrogen (secondary N) is 1. The summed E-state index contributed by atoms with van der Waals surface area (Å²) < 4.78 is 25.7. The molecule has 0 bridgehead atoms.